The van der Waals surface area contributed by atoms with Gasteiger partial charge in [-0.2, -0.15) is 0 Å². The van der Waals surface area contributed by atoms with Crippen LogP contribution in [0.4, 0.5) is 0 Å². The Morgan fingerprint density at radius 1 is 1.03 bits per heavy atom. The number of ketones is 1. The number of amides is 1. The summed E-state index contributed by atoms with van der Waals surface area (Å²) in [6, 6.07) is 21.5. The van der Waals surface area contributed by atoms with Gasteiger partial charge in [0.15, 0.2) is 5.76 Å². The molecule has 5 rings (SSSR count). The number of carbonyl (C=O) groups excluding carboxylic acids is 2. The van der Waals surface area contributed by atoms with E-state index in [9.17, 15) is 14.7 Å². The van der Waals surface area contributed by atoms with E-state index >= 15 is 0 Å². The first kappa shape index (κ1) is 21.9. The molecule has 1 aliphatic heterocycles. The number of imidazole rings is 1. The van der Waals surface area contributed by atoms with Gasteiger partial charge in [-0.15, -0.1) is 0 Å². The number of rotatable bonds is 5. The minimum absolute atomic E-state index is 0.0362. The summed E-state index contributed by atoms with van der Waals surface area (Å²) in [4.78, 5) is 32.5. The highest BCUT2D eigenvalue weighted by atomic mass is 35.5. The molecule has 1 aliphatic rings. The van der Waals surface area contributed by atoms with Gasteiger partial charge in [-0.25, -0.2) is 4.98 Å². The van der Waals surface area contributed by atoms with Crippen molar-refractivity contribution in [2.75, 3.05) is 6.54 Å². The lowest BCUT2D eigenvalue weighted by molar-refractivity contribution is -0.139. The molecule has 1 amide bonds. The number of benzene rings is 2. The number of aryl methyl sites for hydroxylation is 1. The third-order valence-corrected chi connectivity index (χ3v) is 6.35. The van der Waals surface area contributed by atoms with Gasteiger partial charge >= 0.3 is 0 Å². The number of carbonyl (C=O) groups is 2. The lowest BCUT2D eigenvalue weighted by Crippen LogP contribution is -2.31. The van der Waals surface area contributed by atoms with Gasteiger partial charge in [0.05, 0.1) is 17.3 Å². The number of aromatic nitrogens is 2. The van der Waals surface area contributed by atoms with E-state index in [1.54, 1.807) is 35.7 Å². The number of nitrogens with zero attached hydrogens (tertiary/aromatic N) is 3. The van der Waals surface area contributed by atoms with Gasteiger partial charge < -0.3 is 10.0 Å². The average Bonchev–Trinajstić information content (AvgIpc) is 3.31. The summed E-state index contributed by atoms with van der Waals surface area (Å²) in [6.07, 6.45) is 2.34. The molecule has 1 fully saturated rings. The van der Waals surface area contributed by atoms with Crippen LogP contribution in [0.1, 0.15) is 28.6 Å². The largest absolute Gasteiger partial charge is 0.505 e. The van der Waals surface area contributed by atoms with E-state index in [-0.39, 0.29) is 11.3 Å². The van der Waals surface area contributed by atoms with Crippen molar-refractivity contribution in [3.8, 4) is 0 Å². The second-order valence-electron chi connectivity index (χ2n) is 8.26. The van der Waals surface area contributed by atoms with Crippen LogP contribution in [0.15, 0.2) is 84.6 Å². The highest BCUT2D eigenvalue weighted by Gasteiger charge is 2.46. The van der Waals surface area contributed by atoms with E-state index in [2.05, 4.69) is 4.98 Å². The molecule has 34 heavy (non-hydrogen) atoms. The van der Waals surface area contributed by atoms with Crippen molar-refractivity contribution < 1.29 is 14.7 Å². The van der Waals surface area contributed by atoms with Gasteiger partial charge in [0, 0.05) is 17.8 Å². The van der Waals surface area contributed by atoms with E-state index in [0.717, 1.165) is 5.56 Å². The molecule has 170 valence electrons. The first-order chi connectivity index (χ1) is 16.5. The summed E-state index contributed by atoms with van der Waals surface area (Å²) in [6.45, 7) is 2.08. The first-order valence-electron chi connectivity index (χ1n) is 11.0. The van der Waals surface area contributed by atoms with Crippen molar-refractivity contribution in [1.82, 2.24) is 14.3 Å². The van der Waals surface area contributed by atoms with Crippen LogP contribution in [0.3, 0.4) is 0 Å². The molecule has 0 spiro atoms. The third kappa shape index (κ3) is 3.76. The number of fused-ring (bicyclic) bond motifs is 1. The van der Waals surface area contributed by atoms with Gasteiger partial charge in [0.2, 0.25) is 0 Å². The molecule has 2 aromatic carbocycles. The Kier molecular flexibility index (Phi) is 5.67. The van der Waals surface area contributed by atoms with Crippen molar-refractivity contribution in [3.63, 3.8) is 0 Å². The summed E-state index contributed by atoms with van der Waals surface area (Å²) in [5.74, 6) is -1.61. The van der Waals surface area contributed by atoms with E-state index < -0.39 is 17.7 Å². The van der Waals surface area contributed by atoms with Crippen molar-refractivity contribution in [1.29, 1.82) is 0 Å². The Morgan fingerprint density at radius 3 is 2.56 bits per heavy atom. The van der Waals surface area contributed by atoms with Crippen LogP contribution >= 0.6 is 11.6 Å². The first-order valence-corrected chi connectivity index (χ1v) is 11.4. The van der Waals surface area contributed by atoms with Gasteiger partial charge in [0.25, 0.3) is 11.7 Å². The molecule has 0 saturated carbocycles. The Morgan fingerprint density at radius 2 is 1.79 bits per heavy atom. The number of aliphatic hydroxyl groups excluding tert-OH is 1. The van der Waals surface area contributed by atoms with Crippen LogP contribution in [0, 0.1) is 6.92 Å². The van der Waals surface area contributed by atoms with Crippen LogP contribution in [0.2, 0.25) is 5.02 Å². The number of pyridine rings is 1. The van der Waals surface area contributed by atoms with Crippen LogP contribution < -0.4 is 0 Å². The second-order valence-corrected chi connectivity index (χ2v) is 8.69. The quantitative estimate of drug-likeness (QED) is 0.253. The van der Waals surface area contributed by atoms with Gasteiger partial charge in [0.1, 0.15) is 11.3 Å². The van der Waals surface area contributed by atoms with Gasteiger partial charge in [-0.3, -0.25) is 14.0 Å². The molecule has 0 aliphatic carbocycles. The van der Waals surface area contributed by atoms with Crippen LogP contribution in [-0.2, 0) is 16.0 Å². The minimum atomic E-state index is -0.768. The number of halogens is 1. The molecular formula is C27H22ClN3O3. The predicted octanol–water partition coefficient (Wildman–Crippen LogP) is 4.96. The summed E-state index contributed by atoms with van der Waals surface area (Å²) in [5.41, 5.74) is 3.33. The molecule has 0 bridgehead atoms. The van der Waals surface area contributed by atoms with Crippen LogP contribution in [0.25, 0.3) is 11.4 Å². The Hall–Kier alpha value is -3.90. The summed E-state index contributed by atoms with van der Waals surface area (Å²) >= 11 is 6.27. The molecule has 1 unspecified atom stereocenters. The SMILES string of the molecule is Cc1nc2ccccn2c1C(O)=C1C(=O)C(=O)N(CCc2ccccc2)C1c1cccc(Cl)c1. The zero-order valence-electron chi connectivity index (χ0n) is 18.5. The summed E-state index contributed by atoms with van der Waals surface area (Å²) in [5, 5.41) is 11.9. The highest BCUT2D eigenvalue weighted by molar-refractivity contribution is 6.46. The van der Waals surface area contributed by atoms with Crippen molar-refractivity contribution in [2.24, 2.45) is 0 Å². The normalized spacial score (nSPS) is 17.6. The van der Waals surface area contributed by atoms with E-state index in [1.807, 2.05) is 54.6 Å². The predicted molar refractivity (Wildman–Crippen MR) is 131 cm³/mol. The van der Waals surface area contributed by atoms with Crippen LogP contribution in [0.5, 0.6) is 0 Å². The molecule has 1 atom stereocenters. The highest BCUT2D eigenvalue weighted by Crippen LogP contribution is 2.40. The molecule has 7 heteroatoms. The summed E-state index contributed by atoms with van der Waals surface area (Å²) in [7, 11) is 0. The maximum atomic E-state index is 13.3. The maximum absolute atomic E-state index is 13.3. The minimum Gasteiger partial charge on any atom is -0.505 e. The standard InChI is InChI=1S/C27H22ClN3O3/c1-17-23(30-14-6-5-12-21(30)29-17)25(32)22-24(19-10-7-11-20(28)16-19)31(27(34)26(22)33)15-13-18-8-3-2-4-9-18/h2-12,14,16,24,32H,13,15H2,1H3. The molecule has 1 saturated heterocycles. The average molecular weight is 472 g/mol. The molecule has 3 heterocycles. The number of hydrogen-bond donors (Lipinski definition) is 1. The van der Waals surface area contributed by atoms with E-state index in [0.29, 0.717) is 40.6 Å². The lowest BCUT2D eigenvalue weighted by Gasteiger charge is -2.25. The second kappa shape index (κ2) is 8.80. The van der Waals surface area contributed by atoms with Gasteiger partial charge in [-0.1, -0.05) is 60.1 Å². The Balaban J connectivity index is 1.66. The molecular weight excluding hydrogens is 450 g/mol. The fourth-order valence-electron chi connectivity index (χ4n) is 4.55. The fraction of sp³-hybridized carbons (Fsp3) is 0.148. The zero-order valence-corrected chi connectivity index (χ0v) is 19.2. The molecule has 0 radical (unpaired) electrons. The Labute approximate surface area is 201 Å². The van der Waals surface area contributed by atoms with Crippen LogP contribution in [-0.4, -0.2) is 37.6 Å². The van der Waals surface area contributed by atoms with E-state index in [1.165, 1.54) is 4.90 Å². The third-order valence-electron chi connectivity index (χ3n) is 6.12. The number of hydrogen-bond acceptors (Lipinski definition) is 4. The zero-order chi connectivity index (χ0) is 23.8. The van der Waals surface area contributed by atoms with E-state index in [4.69, 9.17) is 11.6 Å². The molecule has 1 N–H and O–H groups in total. The Bertz CT molecular complexity index is 1440. The number of likely N-dealkylation sites (tertiary alicyclic amines) is 1. The lowest BCUT2D eigenvalue weighted by atomic mass is 9.96. The van der Waals surface area contributed by atoms with Crippen molar-refractivity contribution in [2.45, 2.75) is 19.4 Å². The number of Topliss-reactive ketones (excluding diaryl/α,β-unsaturated/α-hetero) is 1. The summed E-state index contributed by atoms with van der Waals surface area (Å²) < 4.78 is 1.72. The van der Waals surface area contributed by atoms with Crippen molar-refractivity contribution in [3.05, 3.63) is 112 Å². The van der Waals surface area contributed by atoms with Crippen molar-refractivity contribution >= 4 is 34.7 Å². The molecule has 4 aromatic rings. The molecule has 2 aromatic heterocycles. The fourth-order valence-corrected chi connectivity index (χ4v) is 4.75. The maximum Gasteiger partial charge on any atom is 0.295 e. The smallest absolute Gasteiger partial charge is 0.295 e. The topological polar surface area (TPSA) is 74.9 Å². The molecule has 6 nitrogen and oxygen atoms in total. The number of aliphatic hydroxyl groups is 1. The monoisotopic (exact) mass is 471 g/mol. The van der Waals surface area contributed by atoms with Gasteiger partial charge in [-0.05, 0) is 48.7 Å².